The van der Waals surface area contributed by atoms with Crippen LogP contribution in [0.5, 0.6) is 5.75 Å². The summed E-state index contributed by atoms with van der Waals surface area (Å²) in [5.41, 5.74) is 0. The Morgan fingerprint density at radius 3 is 2.80 bits per heavy atom. The van der Waals surface area contributed by atoms with Crippen LogP contribution in [0.4, 0.5) is 0 Å². The van der Waals surface area contributed by atoms with Gasteiger partial charge in [0.15, 0.2) is 0 Å². The molecule has 0 bridgehead atoms. The highest BCUT2D eigenvalue weighted by Crippen LogP contribution is 2.19. The van der Waals surface area contributed by atoms with Crippen LogP contribution in [0.15, 0.2) is 43.0 Å². The van der Waals surface area contributed by atoms with Gasteiger partial charge in [-0.15, -0.1) is 29.9 Å². The molecule has 0 radical (unpaired) electrons. The van der Waals surface area contributed by atoms with Gasteiger partial charge in [-0.3, -0.25) is 0 Å². The van der Waals surface area contributed by atoms with E-state index in [1.54, 1.807) is 11.8 Å². The van der Waals surface area contributed by atoms with Crippen molar-refractivity contribution in [2.24, 2.45) is 0 Å². The Morgan fingerprint density at radius 2 is 2.13 bits per heavy atom. The number of para-hydroxylation sites is 1. The predicted molar refractivity (Wildman–Crippen MR) is 68.9 cm³/mol. The lowest BCUT2D eigenvalue weighted by Gasteiger charge is -2.09. The average molecular weight is 243 g/mol. The first-order valence-electron chi connectivity index (χ1n) is 4.87. The van der Waals surface area contributed by atoms with E-state index in [0.29, 0.717) is 6.61 Å². The van der Waals surface area contributed by atoms with E-state index in [2.05, 4.69) is 6.58 Å². The Hall–Kier alpha value is -0.600. The van der Waals surface area contributed by atoms with Crippen molar-refractivity contribution in [2.75, 3.05) is 12.4 Å². The van der Waals surface area contributed by atoms with Gasteiger partial charge in [-0.25, -0.2) is 0 Å². The summed E-state index contributed by atoms with van der Waals surface area (Å²) in [5, 5.41) is 0. The van der Waals surface area contributed by atoms with Crippen molar-refractivity contribution < 1.29 is 4.74 Å². The van der Waals surface area contributed by atoms with Crippen molar-refractivity contribution in [3.05, 3.63) is 43.0 Å². The molecule has 1 unspecified atom stereocenters. The van der Waals surface area contributed by atoms with Gasteiger partial charge in [-0.1, -0.05) is 24.3 Å². The van der Waals surface area contributed by atoms with Gasteiger partial charge in [-0.2, -0.15) is 0 Å². The van der Waals surface area contributed by atoms with Crippen LogP contribution in [-0.2, 0) is 0 Å². The van der Waals surface area contributed by atoms with Crippen LogP contribution in [-0.4, -0.2) is 17.1 Å². The lowest BCUT2D eigenvalue weighted by Crippen LogP contribution is -2.03. The smallest absolute Gasteiger partial charge is 0.119 e. The van der Waals surface area contributed by atoms with E-state index in [9.17, 15) is 0 Å². The van der Waals surface area contributed by atoms with Crippen LogP contribution in [0, 0.1) is 0 Å². The van der Waals surface area contributed by atoms with Gasteiger partial charge in [0.2, 0.25) is 0 Å². The van der Waals surface area contributed by atoms with Crippen molar-refractivity contribution in [3.8, 4) is 5.75 Å². The number of rotatable bonds is 7. The number of ether oxygens (including phenoxy) is 1. The normalized spacial score (nSPS) is 12.1. The quantitative estimate of drug-likeness (QED) is 0.529. The molecule has 82 valence electrons. The van der Waals surface area contributed by atoms with E-state index in [0.717, 1.165) is 17.9 Å². The van der Waals surface area contributed by atoms with E-state index in [1.807, 2.05) is 36.4 Å². The average Bonchev–Trinajstić information content (AvgIpc) is 2.28. The van der Waals surface area contributed by atoms with Crippen LogP contribution < -0.4 is 4.74 Å². The molecule has 0 saturated heterocycles. The zero-order chi connectivity index (χ0) is 10.9. The fraction of sp³-hybridized carbons (Fsp3) is 0.333. The Bertz CT molecular complexity index is 276. The lowest BCUT2D eigenvalue weighted by atomic mass is 10.3. The summed E-state index contributed by atoms with van der Waals surface area (Å²) in [4.78, 5) is 0. The minimum atomic E-state index is 0.103. The topological polar surface area (TPSA) is 9.23 Å². The zero-order valence-electron chi connectivity index (χ0n) is 8.56. The summed E-state index contributed by atoms with van der Waals surface area (Å²) in [6.45, 7) is 4.30. The van der Waals surface area contributed by atoms with Crippen molar-refractivity contribution in [1.82, 2.24) is 0 Å². The third kappa shape index (κ3) is 5.75. The maximum absolute atomic E-state index is 6.06. The van der Waals surface area contributed by atoms with Crippen LogP contribution in [0.25, 0.3) is 0 Å². The summed E-state index contributed by atoms with van der Waals surface area (Å²) >= 11 is 7.74. The van der Waals surface area contributed by atoms with Crippen LogP contribution >= 0.6 is 23.4 Å². The maximum atomic E-state index is 6.06. The number of halogens is 1. The third-order valence-corrected chi connectivity index (χ3v) is 3.37. The molecule has 0 saturated carbocycles. The first kappa shape index (κ1) is 12.5. The summed E-state index contributed by atoms with van der Waals surface area (Å²) in [6.07, 6.45) is 2.70. The Kier molecular flexibility index (Phi) is 6.37. The SMILES string of the molecule is C=CCSC(Cl)CCOc1ccccc1. The first-order chi connectivity index (χ1) is 7.33. The highest BCUT2D eigenvalue weighted by atomic mass is 35.5. The molecule has 0 fully saturated rings. The maximum Gasteiger partial charge on any atom is 0.119 e. The Morgan fingerprint density at radius 1 is 1.40 bits per heavy atom. The van der Waals surface area contributed by atoms with Crippen molar-refractivity contribution >= 4 is 23.4 Å². The number of hydrogen-bond donors (Lipinski definition) is 0. The molecule has 1 nitrogen and oxygen atoms in total. The van der Waals surface area contributed by atoms with Crippen molar-refractivity contribution in [2.45, 2.75) is 11.1 Å². The molecule has 0 aliphatic heterocycles. The molecule has 0 aliphatic rings. The highest BCUT2D eigenvalue weighted by molar-refractivity contribution is 8.01. The summed E-state index contributed by atoms with van der Waals surface area (Å²) in [7, 11) is 0. The van der Waals surface area contributed by atoms with Gasteiger partial charge < -0.3 is 4.74 Å². The second-order valence-electron chi connectivity index (χ2n) is 2.98. The molecule has 15 heavy (non-hydrogen) atoms. The molecule has 1 aromatic carbocycles. The largest absolute Gasteiger partial charge is 0.494 e. The molecule has 1 atom stereocenters. The molecule has 0 aliphatic carbocycles. The second-order valence-corrected chi connectivity index (χ2v) is 5.00. The van der Waals surface area contributed by atoms with Crippen LogP contribution in [0.1, 0.15) is 6.42 Å². The number of benzene rings is 1. The lowest BCUT2D eigenvalue weighted by molar-refractivity contribution is 0.316. The number of alkyl halides is 1. The minimum absolute atomic E-state index is 0.103. The number of hydrogen-bond acceptors (Lipinski definition) is 2. The molecule has 1 rings (SSSR count). The van der Waals surface area contributed by atoms with Crippen molar-refractivity contribution in [3.63, 3.8) is 0 Å². The highest BCUT2D eigenvalue weighted by Gasteiger charge is 2.03. The summed E-state index contributed by atoms with van der Waals surface area (Å²) < 4.78 is 5.64. The number of thioether (sulfide) groups is 1. The minimum Gasteiger partial charge on any atom is -0.494 e. The van der Waals surface area contributed by atoms with E-state index >= 15 is 0 Å². The molecule has 3 heteroatoms. The van der Waals surface area contributed by atoms with Gasteiger partial charge in [0.05, 0.1) is 11.3 Å². The molecule has 0 heterocycles. The monoisotopic (exact) mass is 242 g/mol. The molecular weight excluding hydrogens is 228 g/mol. The van der Waals surface area contributed by atoms with Crippen molar-refractivity contribution in [1.29, 1.82) is 0 Å². The van der Waals surface area contributed by atoms with E-state index in [4.69, 9.17) is 16.3 Å². The summed E-state index contributed by atoms with van der Waals surface area (Å²) in [5.74, 6) is 1.79. The molecule has 0 amide bonds. The van der Waals surface area contributed by atoms with Gasteiger partial charge in [0.1, 0.15) is 5.75 Å². The van der Waals surface area contributed by atoms with Crippen LogP contribution in [0.3, 0.4) is 0 Å². The van der Waals surface area contributed by atoms with E-state index in [1.165, 1.54) is 0 Å². The fourth-order valence-electron chi connectivity index (χ4n) is 1.04. The van der Waals surface area contributed by atoms with Gasteiger partial charge in [0, 0.05) is 12.2 Å². The van der Waals surface area contributed by atoms with Gasteiger partial charge in [-0.05, 0) is 12.1 Å². The van der Waals surface area contributed by atoms with E-state index < -0.39 is 0 Å². The molecule has 0 aromatic heterocycles. The van der Waals surface area contributed by atoms with Crippen LogP contribution in [0.2, 0.25) is 0 Å². The molecule has 1 aromatic rings. The Labute approximate surface area is 100 Å². The summed E-state index contributed by atoms with van der Waals surface area (Å²) in [6, 6.07) is 9.78. The predicted octanol–water partition coefficient (Wildman–Crippen LogP) is 3.94. The fourth-order valence-corrected chi connectivity index (χ4v) is 1.96. The standard InChI is InChI=1S/C12H15ClOS/c1-2-10-15-12(13)8-9-14-11-6-4-3-5-7-11/h2-7,12H,1,8-10H2. The molecule has 0 N–H and O–H groups in total. The van der Waals surface area contributed by atoms with Gasteiger partial charge >= 0.3 is 0 Å². The van der Waals surface area contributed by atoms with Gasteiger partial charge in [0.25, 0.3) is 0 Å². The molecular formula is C12H15ClOS. The van der Waals surface area contributed by atoms with E-state index in [-0.39, 0.29) is 4.71 Å². The third-order valence-electron chi connectivity index (χ3n) is 1.75. The molecule has 0 spiro atoms. The zero-order valence-corrected chi connectivity index (χ0v) is 10.1. The first-order valence-corrected chi connectivity index (χ1v) is 6.36. The second kappa shape index (κ2) is 7.66. The Balaban J connectivity index is 2.13.